The first-order valence-electron chi connectivity index (χ1n) is 18.4. The van der Waals surface area contributed by atoms with E-state index in [0.717, 1.165) is 38.8 Å². The van der Waals surface area contributed by atoms with E-state index in [1.165, 1.54) is 42.9 Å². The molecule has 0 bridgehead atoms. The molecule has 1 aliphatic rings. The van der Waals surface area contributed by atoms with E-state index < -0.39 is 0 Å². The van der Waals surface area contributed by atoms with E-state index in [9.17, 15) is 0 Å². The monoisotopic (exact) mass is 721 g/mol. The molecule has 6 heteroatoms. The minimum Gasteiger partial charge on any atom is -0.308 e. The zero-order valence-corrected chi connectivity index (χ0v) is 30.4. The van der Waals surface area contributed by atoms with Gasteiger partial charge in [-0.2, -0.15) is 9.97 Å². The van der Waals surface area contributed by atoms with Crippen molar-refractivity contribution in [2.45, 2.75) is 9.79 Å². The summed E-state index contributed by atoms with van der Waals surface area (Å²) in [6.07, 6.45) is 0. The molecule has 8 aromatic carbocycles. The van der Waals surface area contributed by atoms with Crippen molar-refractivity contribution in [3.8, 4) is 39.9 Å². The van der Waals surface area contributed by atoms with Crippen LogP contribution in [0.3, 0.4) is 0 Å². The summed E-state index contributed by atoms with van der Waals surface area (Å²) in [6, 6.07) is 66.3. The Bertz CT molecular complexity index is 3010. The Morgan fingerprint density at radius 1 is 0.400 bits per heavy atom. The second-order valence-corrected chi connectivity index (χ2v) is 14.8. The maximum absolute atomic E-state index is 5.16. The first-order chi connectivity index (χ1) is 27.3. The maximum Gasteiger partial charge on any atom is 0.238 e. The molecule has 10 aromatic rings. The van der Waals surface area contributed by atoms with E-state index in [2.05, 4.69) is 137 Å². The van der Waals surface area contributed by atoms with Gasteiger partial charge in [0.2, 0.25) is 5.95 Å². The van der Waals surface area contributed by atoms with Crippen molar-refractivity contribution in [1.82, 2.24) is 19.5 Å². The van der Waals surface area contributed by atoms with Crippen molar-refractivity contribution in [3.63, 3.8) is 0 Å². The van der Waals surface area contributed by atoms with E-state index >= 15 is 0 Å². The van der Waals surface area contributed by atoms with Gasteiger partial charge in [-0.05, 0) is 76.5 Å². The zero-order chi connectivity index (χ0) is 36.3. The van der Waals surface area contributed by atoms with Gasteiger partial charge < -0.3 is 4.90 Å². The topological polar surface area (TPSA) is 46.8 Å². The highest BCUT2D eigenvalue weighted by molar-refractivity contribution is 7.99. The Balaban J connectivity index is 1.12. The predicted molar refractivity (Wildman–Crippen MR) is 227 cm³/mol. The molecule has 0 amide bonds. The van der Waals surface area contributed by atoms with Crippen LogP contribution in [0.25, 0.3) is 72.4 Å². The molecule has 5 nitrogen and oxygen atoms in total. The number of nitrogens with zero attached hydrogens (tertiary/aromatic N) is 5. The minimum absolute atomic E-state index is 0.584. The Morgan fingerprint density at radius 3 is 1.76 bits per heavy atom. The molecule has 11 rings (SSSR count). The van der Waals surface area contributed by atoms with Crippen molar-refractivity contribution >= 4 is 61.4 Å². The SMILES string of the molecule is c1ccc(-c2nc(-c3ccccc3)nc(-n3c4ccc(-c5ccc6c(c5)Sc5ccccc5N6c5ccccc5)cc4c4c5ccccc5ccc43)n2)cc1. The molecule has 0 N–H and O–H groups in total. The number of hydrogen-bond acceptors (Lipinski definition) is 5. The predicted octanol–water partition coefficient (Wildman–Crippen LogP) is 13.1. The van der Waals surface area contributed by atoms with Gasteiger partial charge in [0.05, 0.1) is 22.4 Å². The fourth-order valence-corrected chi connectivity index (χ4v) is 8.97. The molecule has 55 heavy (non-hydrogen) atoms. The molecule has 2 aromatic heterocycles. The largest absolute Gasteiger partial charge is 0.308 e. The molecule has 0 saturated carbocycles. The lowest BCUT2D eigenvalue weighted by molar-refractivity contribution is 0.953. The highest BCUT2D eigenvalue weighted by Gasteiger charge is 2.25. The summed E-state index contributed by atoms with van der Waals surface area (Å²) in [6.45, 7) is 0. The summed E-state index contributed by atoms with van der Waals surface area (Å²) < 4.78 is 2.21. The van der Waals surface area contributed by atoms with E-state index in [-0.39, 0.29) is 0 Å². The number of aromatic nitrogens is 4. The van der Waals surface area contributed by atoms with E-state index in [0.29, 0.717) is 17.6 Å². The average molecular weight is 722 g/mol. The maximum atomic E-state index is 5.16. The Kier molecular flexibility index (Phi) is 7.35. The van der Waals surface area contributed by atoms with E-state index in [1.807, 2.05) is 72.4 Å². The van der Waals surface area contributed by atoms with Crippen LogP contribution in [0.1, 0.15) is 0 Å². The van der Waals surface area contributed by atoms with Crippen molar-refractivity contribution in [3.05, 3.63) is 188 Å². The summed E-state index contributed by atoms with van der Waals surface area (Å²) in [7, 11) is 0. The molecular weight excluding hydrogens is 691 g/mol. The average Bonchev–Trinajstić information content (AvgIpc) is 3.60. The second-order valence-electron chi connectivity index (χ2n) is 13.7. The molecule has 1 aliphatic heterocycles. The van der Waals surface area contributed by atoms with Gasteiger partial charge in [-0.25, -0.2) is 4.98 Å². The third-order valence-corrected chi connectivity index (χ3v) is 11.5. The highest BCUT2D eigenvalue weighted by atomic mass is 32.2. The number of fused-ring (bicyclic) bond motifs is 7. The van der Waals surface area contributed by atoms with Crippen LogP contribution in [0.2, 0.25) is 0 Å². The summed E-state index contributed by atoms with van der Waals surface area (Å²) in [4.78, 5) is 20.1. The fourth-order valence-electron chi connectivity index (χ4n) is 7.87. The normalized spacial score (nSPS) is 12.3. The number of benzene rings is 8. The van der Waals surface area contributed by atoms with E-state index in [1.54, 1.807) is 0 Å². The van der Waals surface area contributed by atoms with Crippen molar-refractivity contribution in [1.29, 1.82) is 0 Å². The molecule has 258 valence electrons. The number of anilines is 3. The van der Waals surface area contributed by atoms with Gasteiger partial charge in [0.1, 0.15) is 0 Å². The number of para-hydroxylation sites is 2. The van der Waals surface area contributed by atoms with Crippen molar-refractivity contribution in [2.75, 3.05) is 4.90 Å². The summed E-state index contributed by atoms with van der Waals surface area (Å²) in [5.41, 5.74) is 9.81. The zero-order valence-electron chi connectivity index (χ0n) is 29.5. The van der Waals surface area contributed by atoms with Gasteiger partial charge >= 0.3 is 0 Å². The third kappa shape index (κ3) is 5.30. The van der Waals surface area contributed by atoms with E-state index in [4.69, 9.17) is 15.0 Å². The quantitative estimate of drug-likeness (QED) is 0.177. The van der Waals surface area contributed by atoms with Crippen LogP contribution >= 0.6 is 11.8 Å². The third-order valence-electron chi connectivity index (χ3n) is 10.4. The fraction of sp³-hybridized carbons (Fsp3) is 0. The van der Waals surface area contributed by atoms with Gasteiger partial charge in [-0.1, -0.05) is 145 Å². The Labute approximate surface area is 322 Å². The van der Waals surface area contributed by atoms with Crippen LogP contribution in [0.4, 0.5) is 17.1 Å². The van der Waals surface area contributed by atoms with Gasteiger partial charge in [0.25, 0.3) is 0 Å². The smallest absolute Gasteiger partial charge is 0.238 e. The van der Waals surface area contributed by atoms with Gasteiger partial charge in [-0.15, -0.1) is 0 Å². The van der Waals surface area contributed by atoms with Crippen LogP contribution in [-0.4, -0.2) is 19.5 Å². The van der Waals surface area contributed by atoms with Gasteiger partial charge in [0.15, 0.2) is 11.6 Å². The molecule has 3 heterocycles. The van der Waals surface area contributed by atoms with Gasteiger partial charge in [0, 0.05) is 37.4 Å². The second kappa shape index (κ2) is 12.8. The lowest BCUT2D eigenvalue weighted by atomic mass is 9.99. The van der Waals surface area contributed by atoms with Crippen LogP contribution in [-0.2, 0) is 0 Å². The Hall–Kier alpha value is -7.02. The summed E-state index contributed by atoms with van der Waals surface area (Å²) >= 11 is 1.83. The summed E-state index contributed by atoms with van der Waals surface area (Å²) in [5, 5.41) is 4.70. The summed E-state index contributed by atoms with van der Waals surface area (Å²) in [5.74, 6) is 1.85. The first kappa shape index (κ1) is 31.5. The standard InChI is InChI=1S/C49H31N5S/c1-4-15-33(16-5-1)47-50-48(34-17-6-2-7-18-34)52-49(51-47)54-40-27-25-35(30-39(40)46-38-21-11-10-14-32(38)24-29-43(46)54)36-26-28-42-45(31-36)55-44-23-13-12-22-41(44)53(42)37-19-8-3-9-20-37/h1-31H. The molecule has 0 atom stereocenters. The molecule has 0 unspecified atom stereocenters. The van der Waals surface area contributed by atoms with Crippen LogP contribution < -0.4 is 4.90 Å². The molecule has 0 aliphatic carbocycles. The minimum atomic E-state index is 0.584. The van der Waals surface area contributed by atoms with Crippen molar-refractivity contribution < 1.29 is 0 Å². The van der Waals surface area contributed by atoms with Crippen LogP contribution in [0.5, 0.6) is 0 Å². The van der Waals surface area contributed by atoms with Crippen molar-refractivity contribution in [2.24, 2.45) is 0 Å². The number of hydrogen-bond donors (Lipinski definition) is 0. The van der Waals surface area contributed by atoms with Gasteiger partial charge in [-0.3, -0.25) is 4.57 Å². The Morgan fingerprint density at radius 2 is 1.00 bits per heavy atom. The molecule has 0 spiro atoms. The molecule has 0 saturated heterocycles. The highest BCUT2D eigenvalue weighted by Crippen LogP contribution is 2.52. The molecule has 0 radical (unpaired) electrons. The lowest BCUT2D eigenvalue weighted by Crippen LogP contribution is -2.14. The van der Waals surface area contributed by atoms with Crippen LogP contribution in [0.15, 0.2) is 198 Å². The lowest BCUT2D eigenvalue weighted by Gasteiger charge is -2.33. The first-order valence-corrected chi connectivity index (χ1v) is 19.2. The molecule has 0 fully saturated rings. The number of rotatable bonds is 5. The van der Waals surface area contributed by atoms with Crippen LogP contribution in [0, 0.1) is 0 Å². The molecular formula is C49H31N5S.